The first kappa shape index (κ1) is 24.5. The van der Waals surface area contributed by atoms with Crippen LogP contribution in [0.2, 0.25) is 0 Å². The summed E-state index contributed by atoms with van der Waals surface area (Å²) in [6.07, 6.45) is -3.49. The van der Waals surface area contributed by atoms with E-state index in [4.69, 9.17) is 4.42 Å². The van der Waals surface area contributed by atoms with Crippen LogP contribution in [0.3, 0.4) is 0 Å². The summed E-state index contributed by atoms with van der Waals surface area (Å²) >= 11 is 3.26. The second kappa shape index (κ2) is 9.79. The van der Waals surface area contributed by atoms with Gasteiger partial charge in [-0.2, -0.15) is 18.3 Å². The van der Waals surface area contributed by atoms with E-state index in [9.17, 15) is 26.4 Å². The minimum Gasteiger partial charge on any atom is -0.459 e. The van der Waals surface area contributed by atoms with Crippen LogP contribution in [0.5, 0.6) is 0 Å². The van der Waals surface area contributed by atoms with Gasteiger partial charge in [-0.3, -0.25) is 9.10 Å². The number of hydrogen-bond acceptors (Lipinski definition) is 5. The predicted molar refractivity (Wildman–Crippen MR) is 119 cm³/mol. The number of hydrogen-bond donors (Lipinski definition) is 1. The number of alkyl halides is 3. The lowest BCUT2D eigenvalue weighted by atomic mass is 10.2. The number of benzene rings is 2. The lowest BCUT2D eigenvalue weighted by Gasteiger charge is -2.24. The number of furan rings is 1. The van der Waals surface area contributed by atoms with E-state index in [2.05, 4.69) is 26.5 Å². The van der Waals surface area contributed by atoms with Gasteiger partial charge in [0.25, 0.3) is 15.9 Å². The second-order valence-electron chi connectivity index (χ2n) is 6.72. The number of aryl methyl sites for hydroxylation is 1. The monoisotopic (exact) mass is 543 g/mol. The molecule has 0 fully saturated rings. The summed E-state index contributed by atoms with van der Waals surface area (Å²) in [4.78, 5) is 12.3. The fourth-order valence-electron chi connectivity index (χ4n) is 2.75. The highest BCUT2D eigenvalue weighted by molar-refractivity contribution is 9.10. The number of nitrogens with zero attached hydrogens (tertiary/aromatic N) is 2. The second-order valence-corrected chi connectivity index (χ2v) is 9.44. The number of hydrazone groups is 1. The quantitative estimate of drug-likeness (QED) is 0.345. The maximum atomic E-state index is 13.2. The van der Waals surface area contributed by atoms with Gasteiger partial charge in [0.1, 0.15) is 18.1 Å². The topological polar surface area (TPSA) is 92.0 Å². The Labute approximate surface area is 196 Å². The molecule has 3 rings (SSSR count). The van der Waals surface area contributed by atoms with E-state index in [0.29, 0.717) is 26.4 Å². The summed E-state index contributed by atoms with van der Waals surface area (Å²) in [6.45, 7) is 0.901. The van der Waals surface area contributed by atoms with E-state index in [1.165, 1.54) is 36.5 Å². The van der Waals surface area contributed by atoms with Gasteiger partial charge >= 0.3 is 6.18 Å². The Bertz CT molecular complexity index is 1260. The lowest BCUT2D eigenvalue weighted by molar-refractivity contribution is -0.137. The zero-order chi connectivity index (χ0) is 24.2. The van der Waals surface area contributed by atoms with E-state index < -0.39 is 34.2 Å². The van der Waals surface area contributed by atoms with E-state index >= 15 is 0 Å². The van der Waals surface area contributed by atoms with Crippen molar-refractivity contribution >= 4 is 43.8 Å². The van der Waals surface area contributed by atoms with Gasteiger partial charge in [-0.25, -0.2) is 13.8 Å². The van der Waals surface area contributed by atoms with Crippen LogP contribution in [-0.2, 0) is 21.0 Å². The van der Waals surface area contributed by atoms with Crippen LogP contribution in [0.15, 0.2) is 79.6 Å². The number of nitrogens with one attached hydrogen (secondary N) is 1. The minimum absolute atomic E-state index is 0.186. The molecule has 0 radical (unpaired) electrons. The molecule has 3 aromatic rings. The standard InChI is InChI=1S/C21H17BrF3N3O4S/c1-14-19(22)11-17(32-14)12-26-27-20(29)13-28(33(30,31)18-8-3-2-4-9-18)16-7-5-6-15(10-16)21(23,24)25/h2-12H,13H2,1H3,(H,27,29)/b26-12-. The van der Waals surface area contributed by atoms with Gasteiger partial charge in [0.05, 0.1) is 26.8 Å². The largest absolute Gasteiger partial charge is 0.459 e. The third-order valence-electron chi connectivity index (χ3n) is 4.34. The molecule has 1 amide bonds. The van der Waals surface area contributed by atoms with Crippen molar-refractivity contribution in [2.45, 2.75) is 18.0 Å². The van der Waals surface area contributed by atoms with Gasteiger partial charge in [-0.1, -0.05) is 24.3 Å². The molecular formula is C21H17BrF3N3O4S. The maximum Gasteiger partial charge on any atom is 0.416 e. The van der Waals surface area contributed by atoms with Crippen molar-refractivity contribution in [3.8, 4) is 0 Å². The molecular weight excluding hydrogens is 527 g/mol. The van der Waals surface area contributed by atoms with Gasteiger partial charge in [-0.15, -0.1) is 0 Å². The van der Waals surface area contributed by atoms with Crippen LogP contribution in [0, 0.1) is 6.92 Å². The first-order valence-corrected chi connectivity index (χ1v) is 11.5. The van der Waals surface area contributed by atoms with Crippen LogP contribution in [0.25, 0.3) is 0 Å². The SMILES string of the molecule is Cc1oc(/C=N\NC(=O)CN(c2cccc(C(F)(F)F)c2)S(=O)(=O)c2ccccc2)cc1Br. The molecule has 0 aliphatic carbocycles. The molecule has 0 saturated heterocycles. The summed E-state index contributed by atoms with van der Waals surface area (Å²) < 4.78 is 72.6. The van der Waals surface area contributed by atoms with E-state index in [0.717, 1.165) is 12.1 Å². The average Bonchev–Trinajstić information content (AvgIpc) is 3.09. The summed E-state index contributed by atoms with van der Waals surface area (Å²) in [5.41, 5.74) is 0.784. The molecule has 12 heteroatoms. The highest BCUT2D eigenvalue weighted by atomic mass is 79.9. The zero-order valence-electron chi connectivity index (χ0n) is 17.0. The van der Waals surface area contributed by atoms with Gasteiger partial charge in [0, 0.05) is 6.07 Å². The highest BCUT2D eigenvalue weighted by Crippen LogP contribution is 2.33. The Morgan fingerprint density at radius 1 is 1.15 bits per heavy atom. The van der Waals surface area contributed by atoms with Gasteiger partial charge < -0.3 is 4.42 Å². The van der Waals surface area contributed by atoms with Crippen molar-refractivity contribution in [2.75, 3.05) is 10.8 Å². The fourth-order valence-corrected chi connectivity index (χ4v) is 4.49. The van der Waals surface area contributed by atoms with E-state index in [-0.39, 0.29) is 10.6 Å². The molecule has 1 heterocycles. The molecule has 0 spiro atoms. The molecule has 0 aliphatic heterocycles. The molecule has 174 valence electrons. The molecule has 7 nitrogen and oxygen atoms in total. The van der Waals surface area contributed by atoms with Crippen LogP contribution < -0.4 is 9.73 Å². The minimum atomic E-state index is -4.69. The Morgan fingerprint density at radius 2 is 1.85 bits per heavy atom. The van der Waals surface area contributed by atoms with Crippen molar-refractivity contribution in [3.63, 3.8) is 0 Å². The first-order chi connectivity index (χ1) is 15.5. The zero-order valence-corrected chi connectivity index (χ0v) is 19.4. The third-order valence-corrected chi connectivity index (χ3v) is 6.91. The van der Waals surface area contributed by atoms with Crippen LogP contribution in [0.1, 0.15) is 17.1 Å². The van der Waals surface area contributed by atoms with Crippen molar-refractivity contribution in [1.29, 1.82) is 0 Å². The van der Waals surface area contributed by atoms with Crippen LogP contribution in [0.4, 0.5) is 18.9 Å². The molecule has 1 N–H and O–H groups in total. The average molecular weight is 544 g/mol. The van der Waals surface area contributed by atoms with Gasteiger partial charge in [-0.05, 0) is 53.2 Å². The first-order valence-electron chi connectivity index (χ1n) is 9.31. The van der Waals surface area contributed by atoms with Crippen molar-refractivity contribution < 1.29 is 30.8 Å². The van der Waals surface area contributed by atoms with Crippen molar-refractivity contribution in [2.24, 2.45) is 5.10 Å². The molecule has 0 bridgehead atoms. The van der Waals surface area contributed by atoms with E-state index in [1.54, 1.807) is 19.1 Å². The van der Waals surface area contributed by atoms with Gasteiger partial charge in [0.15, 0.2) is 0 Å². The molecule has 33 heavy (non-hydrogen) atoms. The van der Waals surface area contributed by atoms with E-state index in [1.807, 2.05) is 0 Å². The molecule has 1 aromatic heterocycles. The Kier molecular flexibility index (Phi) is 7.28. The smallest absolute Gasteiger partial charge is 0.416 e. The number of anilines is 1. The maximum absolute atomic E-state index is 13.2. The summed E-state index contributed by atoms with van der Waals surface area (Å²) in [5.74, 6) is 0.0456. The molecule has 0 atom stereocenters. The van der Waals surface area contributed by atoms with Crippen LogP contribution in [-0.4, -0.2) is 27.1 Å². The Morgan fingerprint density at radius 3 is 2.45 bits per heavy atom. The predicted octanol–water partition coefficient (Wildman–Crippen LogP) is 4.71. The summed E-state index contributed by atoms with van der Waals surface area (Å²) in [7, 11) is -4.36. The number of carbonyl (C=O) groups is 1. The molecule has 0 aliphatic rings. The summed E-state index contributed by atoms with van der Waals surface area (Å²) in [6, 6.07) is 12.4. The number of amides is 1. The normalized spacial score (nSPS) is 12.2. The Balaban J connectivity index is 1.90. The van der Waals surface area contributed by atoms with Crippen LogP contribution >= 0.6 is 15.9 Å². The number of halogens is 4. The Hall–Kier alpha value is -3.12. The van der Waals surface area contributed by atoms with Gasteiger partial charge in [0.2, 0.25) is 0 Å². The van der Waals surface area contributed by atoms with Crippen molar-refractivity contribution in [1.82, 2.24) is 5.43 Å². The molecule has 0 unspecified atom stereocenters. The van der Waals surface area contributed by atoms with Crippen molar-refractivity contribution in [3.05, 3.63) is 82.2 Å². The number of carbonyl (C=O) groups excluding carboxylic acids is 1. The lowest BCUT2D eigenvalue weighted by Crippen LogP contribution is -2.39. The fraction of sp³-hybridized carbons (Fsp3) is 0.143. The number of sulfonamides is 1. The number of rotatable bonds is 7. The highest BCUT2D eigenvalue weighted by Gasteiger charge is 2.33. The third kappa shape index (κ3) is 6.02. The summed E-state index contributed by atoms with van der Waals surface area (Å²) in [5, 5.41) is 3.71. The molecule has 0 saturated carbocycles. The molecule has 2 aromatic carbocycles.